The summed E-state index contributed by atoms with van der Waals surface area (Å²) in [4.78, 5) is 12.8. The van der Waals surface area contributed by atoms with Crippen LogP contribution in [0.15, 0.2) is 54.3 Å². The van der Waals surface area contributed by atoms with Crippen molar-refractivity contribution in [1.29, 1.82) is 0 Å². The highest BCUT2D eigenvalue weighted by Gasteiger charge is 2.28. The van der Waals surface area contributed by atoms with Crippen LogP contribution >= 0.6 is 0 Å². The van der Waals surface area contributed by atoms with Gasteiger partial charge in [-0.1, -0.05) is 37.3 Å². The number of ketones is 1. The van der Waals surface area contributed by atoms with E-state index >= 15 is 0 Å². The second-order valence-electron chi connectivity index (χ2n) is 7.63. The maximum Gasteiger partial charge on any atom is 0.234 e. The van der Waals surface area contributed by atoms with Gasteiger partial charge in [0.2, 0.25) is 10.0 Å². The van der Waals surface area contributed by atoms with Crippen molar-refractivity contribution in [2.75, 3.05) is 12.3 Å². The molecule has 0 atom stereocenters. The predicted octanol–water partition coefficient (Wildman–Crippen LogP) is 3.02. The molecule has 6 heteroatoms. The van der Waals surface area contributed by atoms with E-state index in [1.54, 1.807) is 18.2 Å². The number of fused-ring (bicyclic) bond motifs is 1. The van der Waals surface area contributed by atoms with E-state index in [2.05, 4.69) is 25.2 Å². The summed E-state index contributed by atoms with van der Waals surface area (Å²) >= 11 is 0. The van der Waals surface area contributed by atoms with Crippen molar-refractivity contribution in [1.82, 2.24) is 9.62 Å². The molecule has 0 fully saturated rings. The standard InChI is InChI=1S/C21H26N2O3S/c1-4-13-27(25,26)23-11-9-16(10-12-23)20(24)14-19-18-8-6-5-7-17(18)15-21(2,3)22-19/h5-11,14,22H,4,12-13,15H2,1-3H3/b19-14-. The minimum atomic E-state index is -3.30. The normalized spacial score (nSPS) is 20.0. The molecule has 0 saturated heterocycles. The third-order valence-electron chi connectivity index (χ3n) is 4.70. The maximum absolute atomic E-state index is 12.8. The first-order chi connectivity index (χ1) is 12.7. The molecule has 3 rings (SSSR count). The Morgan fingerprint density at radius 2 is 2.04 bits per heavy atom. The minimum Gasteiger partial charge on any atom is -0.379 e. The van der Waals surface area contributed by atoms with Crippen LogP contribution < -0.4 is 5.32 Å². The molecule has 0 radical (unpaired) electrons. The van der Waals surface area contributed by atoms with Gasteiger partial charge in [-0.05, 0) is 38.3 Å². The van der Waals surface area contributed by atoms with Crippen LogP contribution in [-0.4, -0.2) is 36.3 Å². The molecule has 0 aromatic heterocycles. The van der Waals surface area contributed by atoms with Gasteiger partial charge >= 0.3 is 0 Å². The number of hydrogen-bond donors (Lipinski definition) is 1. The van der Waals surface area contributed by atoms with Crippen molar-refractivity contribution in [3.63, 3.8) is 0 Å². The molecule has 144 valence electrons. The van der Waals surface area contributed by atoms with E-state index in [9.17, 15) is 13.2 Å². The number of nitrogens with zero attached hydrogens (tertiary/aromatic N) is 1. The fraction of sp³-hybridized carbons (Fsp3) is 0.381. The highest BCUT2D eigenvalue weighted by molar-refractivity contribution is 7.89. The van der Waals surface area contributed by atoms with Crippen LogP contribution in [0.5, 0.6) is 0 Å². The van der Waals surface area contributed by atoms with Crippen molar-refractivity contribution in [3.05, 3.63) is 65.4 Å². The molecule has 0 bridgehead atoms. The van der Waals surface area contributed by atoms with E-state index in [1.807, 2.05) is 25.1 Å². The Morgan fingerprint density at radius 3 is 2.70 bits per heavy atom. The van der Waals surface area contributed by atoms with Crippen molar-refractivity contribution in [2.45, 2.75) is 39.2 Å². The molecule has 1 aromatic rings. The zero-order chi connectivity index (χ0) is 19.7. The van der Waals surface area contributed by atoms with Gasteiger partial charge in [0, 0.05) is 34.6 Å². The number of hydrogen-bond acceptors (Lipinski definition) is 4. The van der Waals surface area contributed by atoms with E-state index in [4.69, 9.17) is 0 Å². The van der Waals surface area contributed by atoms with Gasteiger partial charge in [-0.25, -0.2) is 8.42 Å². The number of carbonyl (C=O) groups is 1. The summed E-state index contributed by atoms with van der Waals surface area (Å²) in [5.41, 5.74) is 3.43. The second kappa shape index (κ2) is 7.35. The second-order valence-corrected chi connectivity index (χ2v) is 9.67. The largest absolute Gasteiger partial charge is 0.379 e. The van der Waals surface area contributed by atoms with Gasteiger partial charge in [0.25, 0.3) is 0 Å². The van der Waals surface area contributed by atoms with E-state index in [0.29, 0.717) is 12.0 Å². The number of allylic oxidation sites excluding steroid dienone is 3. The first kappa shape index (κ1) is 19.4. The molecular formula is C21H26N2O3S. The Bertz CT molecular complexity index is 940. The number of carbonyl (C=O) groups excluding carboxylic acids is 1. The van der Waals surface area contributed by atoms with Crippen LogP contribution in [0.4, 0.5) is 0 Å². The summed E-state index contributed by atoms with van der Waals surface area (Å²) in [5.74, 6) is -0.0253. The third-order valence-corrected chi connectivity index (χ3v) is 6.61. The Morgan fingerprint density at radius 1 is 1.30 bits per heavy atom. The average Bonchev–Trinajstić information content (AvgIpc) is 2.61. The summed E-state index contributed by atoms with van der Waals surface area (Å²) in [6.07, 6.45) is 7.81. The van der Waals surface area contributed by atoms with Gasteiger partial charge in [0.15, 0.2) is 5.78 Å². The van der Waals surface area contributed by atoms with Crippen molar-refractivity contribution >= 4 is 21.5 Å². The highest BCUT2D eigenvalue weighted by atomic mass is 32.2. The molecule has 5 nitrogen and oxygen atoms in total. The van der Waals surface area contributed by atoms with Crippen LogP contribution in [0.2, 0.25) is 0 Å². The number of nitrogens with one attached hydrogen (secondary N) is 1. The van der Waals surface area contributed by atoms with E-state index in [-0.39, 0.29) is 23.6 Å². The lowest BCUT2D eigenvalue weighted by atomic mass is 9.85. The smallest absolute Gasteiger partial charge is 0.234 e. The Balaban J connectivity index is 1.82. The number of rotatable bonds is 5. The third kappa shape index (κ3) is 4.33. The van der Waals surface area contributed by atoms with Crippen LogP contribution in [0.3, 0.4) is 0 Å². The first-order valence-corrected chi connectivity index (χ1v) is 10.8. The average molecular weight is 387 g/mol. The van der Waals surface area contributed by atoms with Crippen LogP contribution in [0.1, 0.15) is 38.3 Å². The fourth-order valence-electron chi connectivity index (χ4n) is 3.46. The topological polar surface area (TPSA) is 66.5 Å². The van der Waals surface area contributed by atoms with Crippen LogP contribution in [0.25, 0.3) is 5.70 Å². The summed E-state index contributed by atoms with van der Waals surface area (Å²) in [7, 11) is -3.30. The van der Waals surface area contributed by atoms with Gasteiger partial charge in [0.1, 0.15) is 0 Å². The highest BCUT2D eigenvalue weighted by Crippen LogP contribution is 2.29. The fourth-order valence-corrected chi connectivity index (χ4v) is 4.76. The number of benzene rings is 1. The quantitative estimate of drug-likeness (QED) is 0.790. The Kier molecular flexibility index (Phi) is 5.29. The lowest BCUT2D eigenvalue weighted by Gasteiger charge is -2.35. The molecule has 2 aliphatic heterocycles. The molecule has 0 spiro atoms. The minimum absolute atomic E-state index is 0.105. The SMILES string of the molecule is CCCS(=O)(=O)N1C=CC(C(=O)/C=C2\NC(C)(C)Cc3ccccc32)=CC1. The Hall–Kier alpha value is -2.34. The summed E-state index contributed by atoms with van der Waals surface area (Å²) in [5, 5.41) is 3.45. The Labute approximate surface area is 161 Å². The van der Waals surface area contributed by atoms with Gasteiger partial charge in [-0.3, -0.25) is 9.10 Å². The van der Waals surface area contributed by atoms with E-state index in [0.717, 1.165) is 17.7 Å². The van der Waals surface area contributed by atoms with Crippen molar-refractivity contribution in [2.24, 2.45) is 0 Å². The summed E-state index contributed by atoms with van der Waals surface area (Å²) in [6.45, 7) is 6.24. The molecule has 2 aliphatic rings. The van der Waals surface area contributed by atoms with E-state index < -0.39 is 10.0 Å². The molecule has 0 amide bonds. The van der Waals surface area contributed by atoms with Gasteiger partial charge in [-0.2, -0.15) is 0 Å². The maximum atomic E-state index is 12.8. The zero-order valence-electron chi connectivity index (χ0n) is 16.0. The molecule has 1 aromatic carbocycles. The van der Waals surface area contributed by atoms with Crippen molar-refractivity contribution < 1.29 is 13.2 Å². The van der Waals surface area contributed by atoms with Gasteiger partial charge in [-0.15, -0.1) is 0 Å². The monoisotopic (exact) mass is 386 g/mol. The van der Waals surface area contributed by atoms with Gasteiger partial charge in [0.05, 0.1) is 12.3 Å². The summed E-state index contributed by atoms with van der Waals surface area (Å²) < 4.78 is 25.5. The lowest BCUT2D eigenvalue weighted by molar-refractivity contribution is -0.111. The molecule has 2 heterocycles. The predicted molar refractivity (Wildman–Crippen MR) is 108 cm³/mol. The molecule has 1 N–H and O–H groups in total. The van der Waals surface area contributed by atoms with Crippen LogP contribution in [-0.2, 0) is 21.2 Å². The molecule has 0 aliphatic carbocycles. The van der Waals surface area contributed by atoms with Crippen molar-refractivity contribution in [3.8, 4) is 0 Å². The molecule has 0 saturated carbocycles. The van der Waals surface area contributed by atoms with Crippen LogP contribution in [0, 0.1) is 0 Å². The summed E-state index contributed by atoms with van der Waals surface area (Å²) in [6, 6.07) is 8.08. The molecule has 27 heavy (non-hydrogen) atoms. The molecule has 0 unspecified atom stereocenters. The first-order valence-electron chi connectivity index (χ1n) is 9.22. The zero-order valence-corrected chi connectivity index (χ0v) is 16.8. The van der Waals surface area contributed by atoms with E-state index in [1.165, 1.54) is 16.1 Å². The van der Waals surface area contributed by atoms with Gasteiger partial charge < -0.3 is 5.32 Å². The number of sulfonamides is 1. The lowest BCUT2D eigenvalue weighted by Crippen LogP contribution is -2.43. The molecular weight excluding hydrogens is 360 g/mol.